The second kappa shape index (κ2) is 12.3. The zero-order valence-electron chi connectivity index (χ0n) is 22.8. The molecule has 2 rings (SSSR count). The van der Waals surface area contributed by atoms with Crippen LogP contribution in [0.15, 0.2) is 24.3 Å². The number of alkyl halides is 12. The largest absolute Gasteiger partial charge is 0.430 e. The molecule has 6 N–H and O–H groups in total. The molecule has 43 heavy (non-hydrogen) atoms. The van der Waals surface area contributed by atoms with Gasteiger partial charge in [-0.05, 0) is 78.6 Å². The second-order valence-electron chi connectivity index (χ2n) is 10.2. The lowest BCUT2D eigenvalue weighted by Crippen LogP contribution is -2.54. The van der Waals surface area contributed by atoms with Gasteiger partial charge in [-0.3, -0.25) is 0 Å². The predicted molar refractivity (Wildman–Crippen MR) is 134 cm³/mol. The number of unbranched alkanes of at least 4 members (excludes halogenated alkanes) is 2. The SMILES string of the molecule is CCCCc1cc(N)c(C(O)(C(F)(F)F)C(F)(F)F)cc1Cc1cc(C(O)(C(F)(F)F)C(F)(F)F)c(N)cc1CCCC. The average Bonchev–Trinajstić information content (AvgIpc) is 2.84. The van der Waals surface area contributed by atoms with Crippen molar-refractivity contribution in [3.8, 4) is 0 Å². The fourth-order valence-electron chi connectivity index (χ4n) is 4.71. The zero-order valence-corrected chi connectivity index (χ0v) is 22.8. The number of benzene rings is 2. The summed E-state index contributed by atoms with van der Waals surface area (Å²) in [6.45, 7) is 3.40. The number of aliphatic hydroxyl groups is 2. The van der Waals surface area contributed by atoms with E-state index >= 15 is 0 Å². The van der Waals surface area contributed by atoms with Gasteiger partial charge in [-0.15, -0.1) is 0 Å². The first-order chi connectivity index (χ1) is 19.4. The Morgan fingerprint density at radius 2 is 0.791 bits per heavy atom. The fourth-order valence-corrected chi connectivity index (χ4v) is 4.71. The Morgan fingerprint density at radius 3 is 1.02 bits per heavy atom. The van der Waals surface area contributed by atoms with E-state index in [9.17, 15) is 62.9 Å². The number of hydrogen-bond acceptors (Lipinski definition) is 4. The predicted octanol–water partition coefficient (Wildman–Crippen LogP) is 7.75. The van der Waals surface area contributed by atoms with Crippen LogP contribution in [-0.2, 0) is 30.5 Å². The van der Waals surface area contributed by atoms with Crippen LogP contribution < -0.4 is 11.5 Å². The second-order valence-corrected chi connectivity index (χ2v) is 10.2. The lowest BCUT2D eigenvalue weighted by molar-refractivity contribution is -0.376. The molecule has 2 aromatic rings. The quantitative estimate of drug-likeness (QED) is 0.158. The first-order valence-corrected chi connectivity index (χ1v) is 12.9. The van der Waals surface area contributed by atoms with Crippen molar-refractivity contribution in [2.45, 2.75) is 94.7 Å². The van der Waals surface area contributed by atoms with Gasteiger partial charge < -0.3 is 21.7 Å². The summed E-state index contributed by atoms with van der Waals surface area (Å²) in [5, 5.41) is 20.0. The van der Waals surface area contributed by atoms with Crippen molar-refractivity contribution < 1.29 is 62.9 Å². The molecule has 244 valence electrons. The van der Waals surface area contributed by atoms with Crippen LogP contribution >= 0.6 is 0 Å². The number of halogens is 12. The van der Waals surface area contributed by atoms with E-state index in [1.54, 1.807) is 13.8 Å². The molecular weight excluding hydrogens is 612 g/mol. The van der Waals surface area contributed by atoms with Gasteiger partial charge in [0.2, 0.25) is 0 Å². The standard InChI is InChI=1S/C27H30F12N2O2/c1-3-5-7-14-12-20(40)18(22(42,24(28,29)30)25(31,32)33)10-16(14)9-17-11-19(21(41)13-15(17)8-6-4-2)23(43,26(34,35)36)27(37,38)39/h10-13,42-43H,3-9,40-41H2,1-2H3. The van der Waals surface area contributed by atoms with E-state index in [0.717, 1.165) is 12.1 Å². The molecule has 0 amide bonds. The minimum absolute atomic E-state index is 0.00788. The molecule has 0 aliphatic carbocycles. The smallest absolute Gasteiger partial charge is 0.398 e. The minimum Gasteiger partial charge on any atom is -0.398 e. The third kappa shape index (κ3) is 6.79. The molecule has 0 saturated heterocycles. The summed E-state index contributed by atoms with van der Waals surface area (Å²) in [6.07, 6.45) is -24.4. The fraction of sp³-hybridized carbons (Fsp3) is 0.556. The maximum absolute atomic E-state index is 13.7. The number of nitrogens with two attached hydrogens (primary N) is 2. The number of anilines is 2. The Bertz CT molecular complexity index is 1160. The van der Waals surface area contributed by atoms with Crippen LogP contribution in [0.25, 0.3) is 0 Å². The molecule has 4 nitrogen and oxygen atoms in total. The molecular formula is C27H30F12N2O2. The van der Waals surface area contributed by atoms with E-state index in [-0.39, 0.29) is 35.1 Å². The molecule has 0 aliphatic heterocycles. The van der Waals surface area contributed by atoms with E-state index in [1.165, 1.54) is 0 Å². The molecule has 0 atom stereocenters. The topological polar surface area (TPSA) is 92.5 Å². The molecule has 0 aromatic heterocycles. The van der Waals surface area contributed by atoms with Crippen molar-refractivity contribution in [2.75, 3.05) is 11.5 Å². The monoisotopic (exact) mass is 642 g/mol. The Kier molecular flexibility index (Phi) is 10.3. The number of aryl methyl sites for hydroxylation is 2. The summed E-state index contributed by atoms with van der Waals surface area (Å²) < 4.78 is 164. The van der Waals surface area contributed by atoms with Gasteiger partial charge in [0.1, 0.15) is 0 Å². The summed E-state index contributed by atoms with van der Waals surface area (Å²) in [5.74, 6) is 0. The Balaban J connectivity index is 2.98. The van der Waals surface area contributed by atoms with Gasteiger partial charge in [-0.2, -0.15) is 52.7 Å². The van der Waals surface area contributed by atoms with Crippen LogP contribution in [0.3, 0.4) is 0 Å². The summed E-state index contributed by atoms with van der Waals surface area (Å²) in [5.41, 5.74) is -6.20. The maximum Gasteiger partial charge on any atom is 0.430 e. The molecule has 0 unspecified atom stereocenters. The molecule has 0 bridgehead atoms. The van der Waals surface area contributed by atoms with Crippen LogP contribution in [-0.4, -0.2) is 34.9 Å². The Hall–Kier alpha value is -2.88. The third-order valence-electron chi connectivity index (χ3n) is 7.14. The first-order valence-electron chi connectivity index (χ1n) is 12.9. The zero-order chi connectivity index (χ0) is 33.4. The first kappa shape index (κ1) is 36.3. The van der Waals surface area contributed by atoms with Gasteiger partial charge >= 0.3 is 24.7 Å². The highest BCUT2D eigenvalue weighted by atomic mass is 19.4. The van der Waals surface area contributed by atoms with Gasteiger partial charge in [0.25, 0.3) is 11.2 Å². The van der Waals surface area contributed by atoms with E-state index in [0.29, 0.717) is 37.8 Å². The molecule has 0 fully saturated rings. The van der Waals surface area contributed by atoms with Gasteiger partial charge in [0.15, 0.2) is 0 Å². The maximum atomic E-state index is 13.7. The highest BCUT2D eigenvalue weighted by Gasteiger charge is 2.73. The molecule has 0 spiro atoms. The lowest BCUT2D eigenvalue weighted by atomic mass is 9.82. The van der Waals surface area contributed by atoms with Crippen molar-refractivity contribution in [3.05, 3.63) is 57.6 Å². The number of rotatable bonds is 10. The number of nitrogen functional groups attached to an aromatic ring is 2. The summed E-state index contributed by atoms with van der Waals surface area (Å²) >= 11 is 0. The summed E-state index contributed by atoms with van der Waals surface area (Å²) in [4.78, 5) is 0. The molecule has 16 heteroatoms. The highest BCUT2D eigenvalue weighted by Crippen LogP contribution is 2.53. The Labute approximate surface area is 238 Å². The van der Waals surface area contributed by atoms with Crippen LogP contribution in [0.4, 0.5) is 64.1 Å². The van der Waals surface area contributed by atoms with Gasteiger partial charge in [-0.1, -0.05) is 26.7 Å². The minimum atomic E-state index is -6.32. The van der Waals surface area contributed by atoms with E-state index < -0.39 is 64.8 Å². The van der Waals surface area contributed by atoms with Crippen LogP contribution in [0.5, 0.6) is 0 Å². The average molecular weight is 643 g/mol. The molecule has 0 heterocycles. The third-order valence-corrected chi connectivity index (χ3v) is 7.14. The highest BCUT2D eigenvalue weighted by molar-refractivity contribution is 5.60. The van der Waals surface area contributed by atoms with Crippen molar-refractivity contribution in [2.24, 2.45) is 0 Å². The number of hydrogen-bond donors (Lipinski definition) is 4. The molecule has 2 aromatic carbocycles. The normalized spacial score (nSPS) is 14.0. The van der Waals surface area contributed by atoms with Gasteiger partial charge in [0.05, 0.1) is 0 Å². The van der Waals surface area contributed by atoms with Crippen LogP contribution in [0.1, 0.15) is 72.9 Å². The van der Waals surface area contributed by atoms with E-state index in [1.807, 2.05) is 0 Å². The Morgan fingerprint density at radius 1 is 0.512 bits per heavy atom. The molecule has 0 aliphatic rings. The van der Waals surface area contributed by atoms with Crippen LogP contribution in [0, 0.1) is 0 Å². The van der Waals surface area contributed by atoms with Crippen molar-refractivity contribution in [1.29, 1.82) is 0 Å². The van der Waals surface area contributed by atoms with Crippen LogP contribution in [0.2, 0.25) is 0 Å². The van der Waals surface area contributed by atoms with E-state index in [2.05, 4.69) is 0 Å². The summed E-state index contributed by atoms with van der Waals surface area (Å²) in [7, 11) is 0. The van der Waals surface area contributed by atoms with Crippen molar-refractivity contribution in [1.82, 2.24) is 0 Å². The molecule has 0 saturated carbocycles. The summed E-state index contributed by atoms with van der Waals surface area (Å²) in [6, 6.07) is 2.13. The molecule has 0 radical (unpaired) electrons. The lowest BCUT2D eigenvalue weighted by Gasteiger charge is -2.34. The van der Waals surface area contributed by atoms with Gasteiger partial charge in [-0.25, -0.2) is 0 Å². The van der Waals surface area contributed by atoms with Gasteiger partial charge in [0, 0.05) is 22.5 Å². The van der Waals surface area contributed by atoms with E-state index in [4.69, 9.17) is 11.5 Å². The van der Waals surface area contributed by atoms with Crippen molar-refractivity contribution in [3.63, 3.8) is 0 Å². The van der Waals surface area contributed by atoms with Crippen molar-refractivity contribution >= 4 is 11.4 Å².